The molecule has 23 heteroatoms. The fraction of sp³-hybridized carbons (Fsp3) is 0.235. The second-order valence-corrected chi connectivity index (χ2v) is 25.8. The zero-order valence-corrected chi connectivity index (χ0v) is 61.8. The van der Waals surface area contributed by atoms with Gasteiger partial charge in [-0.2, -0.15) is 0 Å². The number of aromatic hydroxyl groups is 1. The number of nitrogens with zero attached hydrogens (tertiary/aromatic N) is 15. The Kier molecular flexibility index (Phi) is 25.3. The Morgan fingerprint density at radius 1 is 0.296 bits per heavy atom. The summed E-state index contributed by atoms with van der Waals surface area (Å²) in [4.78, 5) is 70.0. The summed E-state index contributed by atoms with van der Waals surface area (Å²) in [5.74, 6) is 1.78. The Labute approximate surface area is 624 Å². The summed E-state index contributed by atoms with van der Waals surface area (Å²) in [6.07, 6.45) is 0. The molecule has 0 spiro atoms. The van der Waals surface area contributed by atoms with Gasteiger partial charge in [-0.05, 0) is 232 Å². The summed E-state index contributed by atoms with van der Waals surface area (Å²) in [5.41, 5.74) is 19.0. The van der Waals surface area contributed by atoms with Crippen molar-refractivity contribution < 1.29 is 38.8 Å². The number of hydrogen-bond acceptors (Lipinski definition) is 23. The van der Waals surface area contributed by atoms with Crippen LogP contribution in [0.25, 0.3) is 0 Å². The van der Waals surface area contributed by atoms with Gasteiger partial charge in [-0.3, -0.25) is 49.9 Å². The third kappa shape index (κ3) is 20.7. The highest BCUT2D eigenvalue weighted by atomic mass is 16.7. The van der Waals surface area contributed by atoms with Crippen molar-refractivity contribution in [2.45, 2.75) is 95.3 Å². The molecule has 0 aromatic heterocycles. The number of hydrogen-bond donors (Lipinski definition) is 1. The van der Waals surface area contributed by atoms with E-state index in [1.807, 2.05) is 205 Å². The smallest absolute Gasteiger partial charge is 0.231 e. The molecule has 6 aliphatic rings. The first-order chi connectivity index (χ1) is 52.6. The Balaban J connectivity index is 0.000000126. The molecular weight excluding hydrogens is 1360 g/mol. The van der Waals surface area contributed by atoms with Crippen LogP contribution in [0.1, 0.15) is 113 Å². The molecule has 0 bridgehead atoms. The van der Waals surface area contributed by atoms with Gasteiger partial charge < -0.3 is 38.8 Å². The summed E-state index contributed by atoms with van der Waals surface area (Å²) in [5, 5.41) is 39.8. The van der Waals surface area contributed by atoms with Gasteiger partial charge in [-0.25, -0.2) is 0 Å². The monoisotopic (exact) mass is 1440 g/mol. The average Bonchev–Trinajstić information content (AvgIpc) is 1.61. The SMILES string of the molecule is C/C(=N\OCc1ccc2c(c1)=NCN=2)c1ccc(C)c(C)c1.C/C(=N\OCc1ccc2c(c1)=NCN=2)c1ccc(C)cc1.C/C(=N\OCc1ccc2c(c1)=NCN=2)c1ccc(O)c(C)c1.C/C(=N\OCc1ccc2c(c1)=NCN=2)c1ccc2c(c1)OCO2.C/C(=N\OCc1ccc2c(c1)=NCN=2)c1ccccc1. The minimum atomic E-state index is 0.265. The van der Waals surface area contributed by atoms with Gasteiger partial charge in [0, 0.05) is 5.56 Å². The Morgan fingerprint density at radius 3 is 0.972 bits per heavy atom. The van der Waals surface area contributed by atoms with Crippen LogP contribution >= 0.6 is 0 Å². The fourth-order valence-corrected chi connectivity index (χ4v) is 11.3. The van der Waals surface area contributed by atoms with Crippen LogP contribution in [0, 0.1) is 27.7 Å². The molecule has 0 aliphatic carbocycles. The van der Waals surface area contributed by atoms with Crippen molar-refractivity contribution in [1.82, 2.24) is 0 Å². The minimum absolute atomic E-state index is 0.265. The molecule has 0 unspecified atom stereocenters. The molecular formula is C85H83N15O8. The van der Waals surface area contributed by atoms with Gasteiger partial charge in [0.05, 0.1) is 82.1 Å². The second kappa shape index (κ2) is 36.6. The van der Waals surface area contributed by atoms with Crippen molar-refractivity contribution in [3.63, 3.8) is 0 Å². The normalized spacial score (nSPS) is 13.7. The molecule has 0 saturated carbocycles. The molecule has 546 valence electrons. The first kappa shape index (κ1) is 74.7. The average molecular weight is 1440 g/mol. The van der Waals surface area contributed by atoms with E-state index < -0.39 is 0 Å². The van der Waals surface area contributed by atoms with E-state index in [1.165, 1.54) is 16.7 Å². The second-order valence-electron chi connectivity index (χ2n) is 25.8. The van der Waals surface area contributed by atoms with Crippen LogP contribution in [0.4, 0.5) is 0 Å². The van der Waals surface area contributed by atoms with Crippen molar-refractivity contribution in [3.8, 4) is 17.2 Å². The lowest BCUT2D eigenvalue weighted by atomic mass is 10.0. The Morgan fingerprint density at radius 2 is 0.602 bits per heavy atom. The van der Waals surface area contributed by atoms with Gasteiger partial charge in [0.15, 0.2) is 11.5 Å². The van der Waals surface area contributed by atoms with Crippen LogP contribution < -0.4 is 63.0 Å². The summed E-state index contributed by atoms with van der Waals surface area (Å²) in [6, 6.07) is 65.3. The number of oxime groups is 5. The van der Waals surface area contributed by atoms with Gasteiger partial charge in [-0.1, -0.05) is 128 Å². The van der Waals surface area contributed by atoms with Crippen LogP contribution in [0.5, 0.6) is 17.2 Å². The van der Waals surface area contributed by atoms with E-state index in [9.17, 15) is 5.11 Å². The van der Waals surface area contributed by atoms with Crippen LogP contribution in [-0.2, 0) is 57.2 Å². The van der Waals surface area contributed by atoms with Gasteiger partial charge in [-0.15, -0.1) is 0 Å². The largest absolute Gasteiger partial charge is 0.508 e. The molecule has 0 atom stereocenters. The van der Waals surface area contributed by atoms with E-state index in [-0.39, 0.29) is 12.5 Å². The van der Waals surface area contributed by atoms with Crippen LogP contribution in [0.15, 0.2) is 276 Å². The van der Waals surface area contributed by atoms with Gasteiger partial charge in [0.25, 0.3) is 0 Å². The maximum absolute atomic E-state index is 9.54. The number of benzene rings is 10. The molecule has 16 rings (SSSR count). The molecule has 6 aliphatic heterocycles. The predicted molar refractivity (Wildman–Crippen MR) is 412 cm³/mol. The molecule has 10 aromatic carbocycles. The van der Waals surface area contributed by atoms with Crippen molar-refractivity contribution in [2.24, 2.45) is 75.7 Å². The molecule has 10 aromatic rings. The lowest BCUT2D eigenvalue weighted by Crippen LogP contribution is -2.21. The Hall–Kier alpha value is -13.1. The zero-order valence-electron chi connectivity index (χ0n) is 61.8. The molecule has 0 radical (unpaired) electrons. The van der Waals surface area contributed by atoms with E-state index in [4.69, 9.17) is 33.7 Å². The summed E-state index contributed by atoms with van der Waals surface area (Å²) < 4.78 is 10.7. The highest BCUT2D eigenvalue weighted by molar-refractivity contribution is 6.00. The number of fused-ring (bicyclic) bond motifs is 6. The molecule has 0 fully saturated rings. The third-order valence-corrected chi connectivity index (χ3v) is 17.8. The van der Waals surface area contributed by atoms with Crippen molar-refractivity contribution in [2.75, 3.05) is 40.1 Å². The first-order valence-electron chi connectivity index (χ1n) is 35.2. The molecule has 0 saturated heterocycles. The van der Waals surface area contributed by atoms with E-state index in [1.54, 1.807) is 6.07 Å². The van der Waals surface area contributed by atoms with Crippen LogP contribution in [0.2, 0.25) is 0 Å². The molecule has 23 nitrogen and oxygen atoms in total. The highest BCUT2D eigenvalue weighted by Crippen LogP contribution is 2.33. The van der Waals surface area contributed by atoms with E-state index >= 15 is 0 Å². The Bertz CT molecular complexity index is 5670. The number of ether oxygens (including phenoxy) is 2. The molecule has 6 heterocycles. The number of phenolic OH excluding ortho intramolecular Hbond substituents is 1. The summed E-state index contributed by atoms with van der Waals surface area (Å²) >= 11 is 0. The topological polar surface area (TPSA) is 270 Å². The van der Waals surface area contributed by atoms with E-state index in [2.05, 4.69) is 127 Å². The fourth-order valence-electron chi connectivity index (χ4n) is 11.3. The minimum Gasteiger partial charge on any atom is -0.508 e. The highest BCUT2D eigenvalue weighted by Gasteiger charge is 2.15. The quantitative estimate of drug-likeness (QED) is 0.0565. The van der Waals surface area contributed by atoms with Crippen molar-refractivity contribution in [3.05, 3.63) is 332 Å². The summed E-state index contributed by atoms with van der Waals surface area (Å²) in [6.45, 7) is 22.7. The van der Waals surface area contributed by atoms with Gasteiger partial charge in [0.2, 0.25) is 6.79 Å². The first-order valence-corrected chi connectivity index (χ1v) is 35.2. The lowest BCUT2D eigenvalue weighted by molar-refractivity contribution is 0.130. The van der Waals surface area contributed by atoms with Gasteiger partial charge >= 0.3 is 0 Å². The number of rotatable bonds is 20. The molecule has 0 amide bonds. The van der Waals surface area contributed by atoms with Gasteiger partial charge in [0.1, 0.15) is 72.1 Å². The number of aryl methyl sites for hydroxylation is 4. The van der Waals surface area contributed by atoms with Crippen molar-refractivity contribution >= 4 is 28.6 Å². The van der Waals surface area contributed by atoms with Crippen LogP contribution in [0.3, 0.4) is 0 Å². The van der Waals surface area contributed by atoms with E-state index in [0.29, 0.717) is 66.4 Å². The van der Waals surface area contributed by atoms with Crippen molar-refractivity contribution in [1.29, 1.82) is 0 Å². The zero-order chi connectivity index (χ0) is 75.1. The lowest BCUT2D eigenvalue weighted by Gasteiger charge is -2.05. The molecule has 1 N–H and O–H groups in total. The van der Waals surface area contributed by atoms with Crippen LogP contribution in [-0.4, -0.2) is 73.8 Å². The number of phenols is 1. The third-order valence-electron chi connectivity index (χ3n) is 17.8. The van der Waals surface area contributed by atoms with E-state index in [0.717, 1.165) is 155 Å². The predicted octanol–water partition coefficient (Wildman–Crippen LogP) is 9.86. The maximum Gasteiger partial charge on any atom is 0.231 e. The maximum atomic E-state index is 9.54. The molecule has 108 heavy (non-hydrogen) atoms. The summed E-state index contributed by atoms with van der Waals surface area (Å²) in [7, 11) is 0. The standard InChI is InChI=1S/C18H19N3O.C17H15N3O3.C17H17N3O2.C17H17N3O.C16H15N3O/c1-12-4-6-16(8-13(12)2)14(3)21-22-10-15-5-7-17-18(9-15)20-11-19-17;1-11(13-3-5-16-17(7-13)22-10-21-16)20-23-8-12-2-4-14-15(6-12)19-9-18-14;1-11-7-14(4-6-17(11)21)12(2)20-22-9-13-3-5-15-16(8-13)19-10-18-15;1-12-3-6-15(7-4-12)13(2)20-21-10-14-5-8-16-17(9-14)19-11-18-16;1-12(14-5-3-2-4-6-14)19-20-10-13-7-8-15-16(9-13)18-11-17-15/h4-9H,10-11H2,1-3H3;2-7H,8-10H2,1H3;3-8,21H,9-10H2,1-2H3;3-9H,10-11H2,1-2H3;2-9H,10-11H2,1H3/b21-14+;20-11+;20-12+;20-13+;19-12+.